The quantitative estimate of drug-likeness (QED) is 0.476. The van der Waals surface area contributed by atoms with Gasteiger partial charge in [-0.2, -0.15) is 9.78 Å². The van der Waals surface area contributed by atoms with Gasteiger partial charge in [0.05, 0.1) is 5.69 Å². The van der Waals surface area contributed by atoms with Crippen LogP contribution in [0.5, 0.6) is 0 Å². The second kappa shape index (κ2) is 8.20. The van der Waals surface area contributed by atoms with Gasteiger partial charge in [0.25, 0.3) is 5.56 Å². The van der Waals surface area contributed by atoms with E-state index < -0.39 is 0 Å². The highest BCUT2D eigenvalue weighted by Crippen LogP contribution is 2.18. The molecule has 0 saturated heterocycles. The summed E-state index contributed by atoms with van der Waals surface area (Å²) in [6.45, 7) is 4.10. The van der Waals surface area contributed by atoms with Crippen molar-refractivity contribution in [2.75, 3.05) is 5.32 Å². The van der Waals surface area contributed by atoms with Crippen molar-refractivity contribution in [3.63, 3.8) is 0 Å². The van der Waals surface area contributed by atoms with Crippen LogP contribution in [0, 0.1) is 6.92 Å². The summed E-state index contributed by atoms with van der Waals surface area (Å²) in [5.74, 6) is 0.677. The minimum absolute atomic E-state index is 0.261. The van der Waals surface area contributed by atoms with E-state index in [0.29, 0.717) is 30.2 Å². The number of anilines is 1. The van der Waals surface area contributed by atoms with Crippen LogP contribution in [0.15, 0.2) is 59.4 Å². The first kappa shape index (κ1) is 19.4. The van der Waals surface area contributed by atoms with Gasteiger partial charge in [-0.1, -0.05) is 49.4 Å². The molecule has 2 aromatic heterocycles. The maximum Gasteiger partial charge on any atom is 0.320 e. The average molecular weight is 402 g/mol. The number of rotatable bonds is 5. The summed E-state index contributed by atoms with van der Waals surface area (Å²) in [5.41, 5.74) is 2.09. The summed E-state index contributed by atoms with van der Waals surface area (Å²) in [6.07, 6.45) is 0.617. The zero-order chi connectivity index (χ0) is 21.1. The van der Waals surface area contributed by atoms with E-state index >= 15 is 0 Å². The SMILES string of the molecule is CCc1cc(=O)[nH]c(-n2nc(C)cc2NC(=O)NCc2cccc3ccccc23)n1. The molecule has 0 aliphatic heterocycles. The number of urea groups is 1. The lowest BCUT2D eigenvalue weighted by molar-refractivity contribution is 0.251. The number of fused-ring (bicyclic) bond motifs is 1. The molecule has 0 atom stereocenters. The third-order valence-electron chi connectivity index (χ3n) is 4.74. The smallest absolute Gasteiger partial charge is 0.320 e. The van der Waals surface area contributed by atoms with Crippen LogP contribution in [0.3, 0.4) is 0 Å². The fourth-order valence-corrected chi connectivity index (χ4v) is 3.31. The molecule has 4 rings (SSSR count). The van der Waals surface area contributed by atoms with Crippen molar-refractivity contribution in [2.45, 2.75) is 26.8 Å². The second-order valence-electron chi connectivity index (χ2n) is 6.94. The van der Waals surface area contributed by atoms with E-state index in [9.17, 15) is 9.59 Å². The Morgan fingerprint density at radius 1 is 1.13 bits per heavy atom. The van der Waals surface area contributed by atoms with Crippen molar-refractivity contribution in [3.05, 3.63) is 81.9 Å². The largest absolute Gasteiger partial charge is 0.334 e. The van der Waals surface area contributed by atoms with E-state index in [4.69, 9.17) is 0 Å². The molecule has 4 aromatic rings. The molecular formula is C22H22N6O2. The fourth-order valence-electron chi connectivity index (χ4n) is 3.31. The normalized spacial score (nSPS) is 10.9. The van der Waals surface area contributed by atoms with E-state index in [1.807, 2.05) is 49.4 Å². The number of carbonyl (C=O) groups is 1. The number of aryl methyl sites for hydroxylation is 2. The molecule has 2 heterocycles. The van der Waals surface area contributed by atoms with Gasteiger partial charge in [-0.3, -0.25) is 15.1 Å². The molecule has 152 valence electrons. The highest BCUT2D eigenvalue weighted by molar-refractivity contribution is 5.90. The van der Waals surface area contributed by atoms with E-state index in [0.717, 1.165) is 16.3 Å². The lowest BCUT2D eigenvalue weighted by atomic mass is 10.0. The van der Waals surface area contributed by atoms with Crippen molar-refractivity contribution in [3.8, 4) is 5.95 Å². The average Bonchev–Trinajstić information content (AvgIpc) is 3.11. The molecule has 0 aliphatic carbocycles. The molecule has 0 saturated carbocycles. The zero-order valence-corrected chi connectivity index (χ0v) is 16.8. The van der Waals surface area contributed by atoms with Crippen LogP contribution in [0.25, 0.3) is 16.7 Å². The van der Waals surface area contributed by atoms with Crippen molar-refractivity contribution in [1.82, 2.24) is 25.1 Å². The Morgan fingerprint density at radius 3 is 2.77 bits per heavy atom. The first-order valence-electron chi connectivity index (χ1n) is 9.72. The molecule has 8 nitrogen and oxygen atoms in total. The van der Waals surface area contributed by atoms with Gasteiger partial charge in [-0.15, -0.1) is 0 Å². The van der Waals surface area contributed by atoms with Crippen LogP contribution in [0.2, 0.25) is 0 Å². The standard InChI is InChI=1S/C22H22N6O2/c1-3-17-12-20(29)26-21(24-17)28-19(11-14(2)27-28)25-22(30)23-13-16-9-6-8-15-7-4-5-10-18(15)16/h4-12H,3,13H2,1-2H3,(H2,23,25,30)(H,24,26,29). The minimum Gasteiger partial charge on any atom is -0.334 e. The zero-order valence-electron chi connectivity index (χ0n) is 16.8. The number of nitrogens with one attached hydrogen (secondary N) is 3. The van der Waals surface area contributed by atoms with Gasteiger partial charge < -0.3 is 5.32 Å². The Hall–Kier alpha value is -3.94. The molecule has 3 N–H and O–H groups in total. The van der Waals surface area contributed by atoms with Gasteiger partial charge >= 0.3 is 6.03 Å². The number of H-pyrrole nitrogens is 1. The molecular weight excluding hydrogens is 380 g/mol. The fraction of sp³-hybridized carbons (Fsp3) is 0.182. The predicted octanol–water partition coefficient (Wildman–Crippen LogP) is 3.30. The van der Waals surface area contributed by atoms with Crippen LogP contribution in [0.4, 0.5) is 10.6 Å². The molecule has 0 radical (unpaired) electrons. The van der Waals surface area contributed by atoms with Gasteiger partial charge in [0.15, 0.2) is 0 Å². The third-order valence-corrected chi connectivity index (χ3v) is 4.74. The van der Waals surface area contributed by atoms with Crippen LogP contribution in [0.1, 0.15) is 23.9 Å². The number of aromatic amines is 1. The maximum atomic E-state index is 12.5. The Bertz CT molecular complexity index is 1270. The molecule has 0 unspecified atom stereocenters. The summed E-state index contributed by atoms with van der Waals surface area (Å²) in [5, 5.41) is 12.2. The predicted molar refractivity (Wildman–Crippen MR) is 116 cm³/mol. The van der Waals surface area contributed by atoms with Gasteiger partial charge in [-0.05, 0) is 29.7 Å². The number of aromatic nitrogens is 4. The van der Waals surface area contributed by atoms with Crippen molar-refractivity contribution < 1.29 is 4.79 Å². The first-order chi connectivity index (χ1) is 14.5. The minimum atomic E-state index is -0.377. The van der Waals surface area contributed by atoms with Crippen molar-refractivity contribution >= 4 is 22.6 Å². The van der Waals surface area contributed by atoms with Crippen molar-refractivity contribution in [1.29, 1.82) is 0 Å². The summed E-state index contributed by atoms with van der Waals surface area (Å²) in [6, 6.07) is 16.8. The van der Waals surface area contributed by atoms with Crippen LogP contribution >= 0.6 is 0 Å². The number of benzene rings is 2. The number of hydrogen-bond acceptors (Lipinski definition) is 4. The molecule has 8 heteroatoms. The molecule has 0 aliphatic rings. The first-order valence-corrected chi connectivity index (χ1v) is 9.72. The Labute approximate surface area is 173 Å². The third kappa shape index (κ3) is 4.07. The number of nitrogens with zero attached hydrogens (tertiary/aromatic N) is 3. The molecule has 2 aromatic carbocycles. The van der Waals surface area contributed by atoms with E-state index in [1.54, 1.807) is 13.0 Å². The van der Waals surface area contributed by atoms with Crippen LogP contribution in [-0.2, 0) is 13.0 Å². The second-order valence-corrected chi connectivity index (χ2v) is 6.94. The summed E-state index contributed by atoms with van der Waals surface area (Å²) >= 11 is 0. The van der Waals surface area contributed by atoms with Crippen LogP contribution in [-0.4, -0.2) is 25.8 Å². The topological polar surface area (TPSA) is 105 Å². The molecule has 30 heavy (non-hydrogen) atoms. The molecule has 0 bridgehead atoms. The van der Waals surface area contributed by atoms with E-state index in [2.05, 4.69) is 25.7 Å². The number of hydrogen-bond donors (Lipinski definition) is 3. The summed E-state index contributed by atoms with van der Waals surface area (Å²) in [4.78, 5) is 31.5. The highest BCUT2D eigenvalue weighted by atomic mass is 16.2. The van der Waals surface area contributed by atoms with Gasteiger partial charge in [0.2, 0.25) is 5.95 Å². The van der Waals surface area contributed by atoms with Crippen LogP contribution < -0.4 is 16.2 Å². The molecule has 0 fully saturated rings. The summed E-state index contributed by atoms with van der Waals surface area (Å²) in [7, 11) is 0. The molecule has 2 amide bonds. The Kier molecular flexibility index (Phi) is 5.30. The number of amides is 2. The molecule has 0 spiro atoms. The lowest BCUT2D eigenvalue weighted by Crippen LogP contribution is -2.29. The monoisotopic (exact) mass is 402 g/mol. The highest BCUT2D eigenvalue weighted by Gasteiger charge is 2.13. The van der Waals surface area contributed by atoms with Crippen molar-refractivity contribution in [2.24, 2.45) is 0 Å². The lowest BCUT2D eigenvalue weighted by Gasteiger charge is -2.11. The summed E-state index contributed by atoms with van der Waals surface area (Å²) < 4.78 is 1.42. The van der Waals surface area contributed by atoms with E-state index in [1.165, 1.54) is 10.7 Å². The maximum absolute atomic E-state index is 12.5. The Morgan fingerprint density at radius 2 is 1.93 bits per heavy atom. The number of carbonyl (C=O) groups excluding carboxylic acids is 1. The van der Waals surface area contributed by atoms with Gasteiger partial charge in [-0.25, -0.2) is 9.78 Å². The van der Waals surface area contributed by atoms with E-state index in [-0.39, 0.29) is 17.5 Å². The Balaban J connectivity index is 1.53. The van der Waals surface area contributed by atoms with Gasteiger partial charge in [0.1, 0.15) is 5.82 Å². The van der Waals surface area contributed by atoms with Gasteiger partial charge in [0, 0.05) is 24.4 Å².